The zero-order valence-electron chi connectivity index (χ0n) is 23.9. The molecular formula is C27H44N8O5. The van der Waals surface area contributed by atoms with Crippen molar-refractivity contribution in [2.45, 2.75) is 66.0 Å². The highest BCUT2D eigenvalue weighted by Gasteiger charge is 2.28. The summed E-state index contributed by atoms with van der Waals surface area (Å²) < 4.78 is 0. The SMILES string of the molecule is CC(C)C.CC(C)C(=O)N[C@H](Cc1c[nH]c2ccc(O)cc12)C(=O)NC(CCCN=C(N)N)C(=O)NCC(N)=O. The number of fused-ring (bicyclic) bond motifs is 1. The van der Waals surface area contributed by atoms with Crippen LogP contribution in [0.3, 0.4) is 0 Å². The molecule has 4 amide bonds. The lowest BCUT2D eigenvalue weighted by molar-refractivity contribution is -0.133. The number of hydrogen-bond donors (Lipinski definition) is 8. The number of aromatic amines is 1. The number of H-pyrrole nitrogens is 1. The molecule has 0 aliphatic rings. The summed E-state index contributed by atoms with van der Waals surface area (Å²) >= 11 is 0. The fourth-order valence-corrected chi connectivity index (χ4v) is 3.44. The van der Waals surface area contributed by atoms with Crippen molar-refractivity contribution >= 4 is 40.5 Å². The second-order valence-corrected chi connectivity index (χ2v) is 10.4. The van der Waals surface area contributed by atoms with Crippen LogP contribution in [0.5, 0.6) is 5.75 Å². The van der Waals surface area contributed by atoms with Crippen molar-refractivity contribution in [3.8, 4) is 5.75 Å². The molecule has 0 radical (unpaired) electrons. The Kier molecular flexibility index (Phi) is 14.0. The Morgan fingerprint density at radius 2 is 1.57 bits per heavy atom. The van der Waals surface area contributed by atoms with Gasteiger partial charge in [-0.25, -0.2) is 0 Å². The Morgan fingerprint density at radius 1 is 0.950 bits per heavy atom. The molecule has 0 saturated carbocycles. The van der Waals surface area contributed by atoms with Crippen LogP contribution >= 0.6 is 0 Å². The van der Waals surface area contributed by atoms with Crippen LogP contribution in [0.15, 0.2) is 29.4 Å². The highest BCUT2D eigenvalue weighted by Crippen LogP contribution is 2.24. The highest BCUT2D eigenvalue weighted by molar-refractivity contribution is 5.94. The van der Waals surface area contributed by atoms with E-state index in [9.17, 15) is 24.3 Å². The molecule has 0 saturated heterocycles. The molecule has 0 aliphatic heterocycles. The summed E-state index contributed by atoms with van der Waals surface area (Å²) in [5.74, 6) is -1.89. The number of carbonyl (C=O) groups is 4. The third-order valence-corrected chi connectivity index (χ3v) is 5.35. The first-order valence-corrected chi connectivity index (χ1v) is 13.2. The highest BCUT2D eigenvalue weighted by atomic mass is 16.3. The van der Waals surface area contributed by atoms with Gasteiger partial charge in [-0.15, -0.1) is 0 Å². The minimum absolute atomic E-state index is 0.0579. The van der Waals surface area contributed by atoms with Gasteiger partial charge in [0.15, 0.2) is 5.96 Å². The molecule has 1 unspecified atom stereocenters. The van der Waals surface area contributed by atoms with Gasteiger partial charge >= 0.3 is 0 Å². The number of nitrogens with zero attached hydrogens (tertiary/aromatic N) is 1. The lowest BCUT2D eigenvalue weighted by Gasteiger charge is -2.23. The van der Waals surface area contributed by atoms with Crippen LogP contribution in [0.1, 0.15) is 53.0 Å². The quantitative estimate of drug-likeness (QED) is 0.0972. The van der Waals surface area contributed by atoms with Crippen molar-refractivity contribution in [1.82, 2.24) is 20.9 Å². The molecule has 11 N–H and O–H groups in total. The van der Waals surface area contributed by atoms with Gasteiger partial charge in [0.05, 0.1) is 6.54 Å². The van der Waals surface area contributed by atoms with Crippen LogP contribution in [0, 0.1) is 11.8 Å². The van der Waals surface area contributed by atoms with E-state index in [1.165, 1.54) is 6.07 Å². The van der Waals surface area contributed by atoms with E-state index in [0.29, 0.717) is 17.4 Å². The minimum atomic E-state index is -1.03. The third-order valence-electron chi connectivity index (χ3n) is 5.35. The summed E-state index contributed by atoms with van der Waals surface area (Å²) in [6.07, 6.45) is 2.31. The molecule has 1 heterocycles. The molecule has 2 atom stereocenters. The number of phenolic OH excluding ortho intramolecular Hbond substituents is 1. The summed E-state index contributed by atoms with van der Waals surface area (Å²) in [6, 6.07) is 2.74. The van der Waals surface area contributed by atoms with Crippen molar-refractivity contribution < 1.29 is 24.3 Å². The van der Waals surface area contributed by atoms with Crippen LogP contribution in [-0.2, 0) is 25.6 Å². The van der Waals surface area contributed by atoms with Gasteiger partial charge in [-0.05, 0) is 42.5 Å². The number of rotatable bonds is 13. The number of carbonyl (C=O) groups excluding carboxylic acids is 4. The van der Waals surface area contributed by atoms with Gasteiger partial charge in [-0.3, -0.25) is 24.2 Å². The number of amides is 4. The first-order valence-electron chi connectivity index (χ1n) is 13.2. The van der Waals surface area contributed by atoms with E-state index in [-0.39, 0.29) is 42.9 Å². The average molecular weight is 561 g/mol. The van der Waals surface area contributed by atoms with Gasteiger partial charge in [-0.1, -0.05) is 34.6 Å². The Labute approximate surface area is 234 Å². The molecule has 0 aliphatic carbocycles. The molecular weight excluding hydrogens is 516 g/mol. The number of aromatic nitrogens is 1. The van der Waals surface area contributed by atoms with Gasteiger partial charge in [0.1, 0.15) is 17.8 Å². The molecule has 13 heteroatoms. The third kappa shape index (κ3) is 12.5. The van der Waals surface area contributed by atoms with Crippen molar-refractivity contribution in [3.63, 3.8) is 0 Å². The maximum absolute atomic E-state index is 13.3. The number of nitrogens with two attached hydrogens (primary N) is 3. The number of aromatic hydroxyl groups is 1. The van der Waals surface area contributed by atoms with Gasteiger partial charge < -0.3 is 43.2 Å². The number of benzene rings is 1. The number of phenols is 1. The monoisotopic (exact) mass is 560 g/mol. The van der Waals surface area contributed by atoms with E-state index in [2.05, 4.69) is 46.7 Å². The molecule has 0 fully saturated rings. The summed E-state index contributed by atoms with van der Waals surface area (Å²) in [4.78, 5) is 56.4. The van der Waals surface area contributed by atoms with Crippen molar-refractivity contribution in [2.24, 2.45) is 34.0 Å². The first-order chi connectivity index (χ1) is 18.7. The molecule has 2 rings (SSSR count). The van der Waals surface area contributed by atoms with Crippen LogP contribution < -0.4 is 33.2 Å². The molecule has 1 aromatic heterocycles. The molecule has 40 heavy (non-hydrogen) atoms. The van der Waals surface area contributed by atoms with Gasteiger partial charge in [0.25, 0.3) is 0 Å². The smallest absolute Gasteiger partial charge is 0.243 e. The van der Waals surface area contributed by atoms with Gasteiger partial charge in [0, 0.05) is 36.0 Å². The minimum Gasteiger partial charge on any atom is -0.508 e. The normalized spacial score (nSPS) is 12.2. The van der Waals surface area contributed by atoms with Gasteiger partial charge in [0.2, 0.25) is 23.6 Å². The summed E-state index contributed by atoms with van der Waals surface area (Å²) in [5.41, 5.74) is 17.2. The Balaban J connectivity index is 0.00000187. The number of primary amides is 1. The van der Waals surface area contributed by atoms with Crippen LogP contribution in [0.2, 0.25) is 0 Å². The second-order valence-electron chi connectivity index (χ2n) is 10.4. The largest absolute Gasteiger partial charge is 0.508 e. The average Bonchev–Trinajstić information content (AvgIpc) is 3.24. The Morgan fingerprint density at radius 3 is 2.15 bits per heavy atom. The predicted molar refractivity (Wildman–Crippen MR) is 155 cm³/mol. The molecule has 13 nitrogen and oxygen atoms in total. The predicted octanol–water partition coefficient (Wildman–Crippen LogP) is 0.359. The Bertz CT molecular complexity index is 1170. The number of hydrogen-bond acceptors (Lipinski definition) is 6. The van der Waals surface area contributed by atoms with E-state index in [4.69, 9.17) is 17.2 Å². The van der Waals surface area contributed by atoms with E-state index in [1.807, 2.05) is 0 Å². The van der Waals surface area contributed by atoms with Crippen molar-refractivity contribution in [1.29, 1.82) is 0 Å². The maximum atomic E-state index is 13.3. The zero-order chi connectivity index (χ0) is 30.4. The van der Waals surface area contributed by atoms with E-state index in [1.54, 1.807) is 32.2 Å². The molecule has 0 bridgehead atoms. The van der Waals surface area contributed by atoms with Crippen LogP contribution in [0.4, 0.5) is 0 Å². The molecule has 222 valence electrons. The standard InChI is InChI=1S/C23H34N8O5.C4H10/c1-12(2)20(34)31-18(8-13-10-28-16-6-5-14(32)9-15(13)16)22(36)30-17(4-3-7-27-23(25)26)21(35)29-11-19(24)33;1-4(2)3/h5-6,9-10,12,17-18,28,32H,3-4,7-8,11H2,1-2H3,(H2,24,33)(H,29,35)(H,30,36)(H,31,34)(H4,25,26,27);4H,1-3H3/t17?,18-;/m1./s1. The van der Waals surface area contributed by atoms with E-state index in [0.717, 1.165) is 11.4 Å². The molecule has 1 aromatic carbocycles. The lowest BCUT2D eigenvalue weighted by Crippen LogP contribution is -2.55. The number of guanidine groups is 1. The van der Waals surface area contributed by atoms with Crippen LogP contribution in [-0.4, -0.2) is 64.9 Å². The lowest BCUT2D eigenvalue weighted by atomic mass is 10.0. The number of nitrogens with one attached hydrogen (secondary N) is 4. The molecule has 0 spiro atoms. The van der Waals surface area contributed by atoms with E-state index < -0.39 is 36.3 Å². The maximum Gasteiger partial charge on any atom is 0.243 e. The van der Waals surface area contributed by atoms with Crippen LogP contribution in [0.25, 0.3) is 10.9 Å². The fraction of sp³-hybridized carbons (Fsp3) is 0.519. The first kappa shape index (κ1) is 33.7. The summed E-state index contributed by atoms with van der Waals surface area (Å²) in [5, 5.41) is 18.3. The molecule has 2 aromatic rings. The summed E-state index contributed by atoms with van der Waals surface area (Å²) in [6.45, 7) is 9.71. The topological polar surface area (TPSA) is 231 Å². The van der Waals surface area contributed by atoms with E-state index >= 15 is 0 Å². The van der Waals surface area contributed by atoms with Crippen molar-refractivity contribution in [2.75, 3.05) is 13.1 Å². The number of aliphatic imine (C=N–C) groups is 1. The zero-order valence-corrected chi connectivity index (χ0v) is 23.9. The second kappa shape index (κ2) is 16.6. The summed E-state index contributed by atoms with van der Waals surface area (Å²) in [7, 11) is 0. The fourth-order valence-electron chi connectivity index (χ4n) is 3.44. The Hall–Kier alpha value is -4.29. The van der Waals surface area contributed by atoms with Crippen molar-refractivity contribution in [3.05, 3.63) is 30.0 Å². The van der Waals surface area contributed by atoms with Gasteiger partial charge in [-0.2, -0.15) is 0 Å².